The van der Waals surface area contributed by atoms with Crippen molar-refractivity contribution in [1.82, 2.24) is 19.5 Å². The lowest BCUT2D eigenvalue weighted by atomic mass is 10.1. The van der Waals surface area contributed by atoms with E-state index < -0.39 is 0 Å². The van der Waals surface area contributed by atoms with Gasteiger partial charge in [-0.1, -0.05) is 30.3 Å². The fourth-order valence-corrected chi connectivity index (χ4v) is 3.89. The van der Waals surface area contributed by atoms with E-state index in [1.807, 2.05) is 18.2 Å². The number of nitrogen functional groups attached to an aromatic ring is 1. The molecule has 2 fully saturated rings. The number of fused-ring (bicyclic) bond motifs is 2. The quantitative estimate of drug-likeness (QED) is 0.717. The van der Waals surface area contributed by atoms with Crippen LogP contribution in [0.3, 0.4) is 0 Å². The minimum Gasteiger partial charge on any atom is -0.382 e. The molecule has 7 heteroatoms. The second-order valence-corrected chi connectivity index (χ2v) is 6.77. The van der Waals surface area contributed by atoms with Crippen LogP contribution in [0, 0.1) is 0 Å². The van der Waals surface area contributed by atoms with Gasteiger partial charge in [0.1, 0.15) is 23.5 Å². The average molecular weight is 337 g/mol. The third kappa shape index (κ3) is 2.39. The van der Waals surface area contributed by atoms with Gasteiger partial charge < -0.3 is 19.8 Å². The normalized spacial score (nSPS) is 27.5. The third-order valence-electron chi connectivity index (χ3n) is 5.24. The molecule has 1 saturated heterocycles. The Hall–Kier alpha value is -2.51. The van der Waals surface area contributed by atoms with E-state index in [1.54, 1.807) is 6.33 Å². The van der Waals surface area contributed by atoms with Crippen LogP contribution >= 0.6 is 0 Å². The van der Waals surface area contributed by atoms with Gasteiger partial charge >= 0.3 is 0 Å². The topological polar surface area (TPSA) is 91.4 Å². The predicted molar refractivity (Wildman–Crippen MR) is 91.7 cm³/mol. The van der Waals surface area contributed by atoms with Gasteiger partial charge in [0.25, 0.3) is 0 Å². The van der Waals surface area contributed by atoms with Crippen molar-refractivity contribution in [3.8, 4) is 0 Å². The van der Waals surface area contributed by atoms with Gasteiger partial charge in [-0.3, -0.25) is 0 Å². The van der Waals surface area contributed by atoms with E-state index in [0.717, 1.165) is 18.5 Å². The van der Waals surface area contributed by atoms with Gasteiger partial charge in [-0.25, -0.2) is 15.0 Å². The third-order valence-corrected chi connectivity index (χ3v) is 5.24. The highest BCUT2D eigenvalue weighted by Crippen LogP contribution is 2.55. The Balaban J connectivity index is 1.29. The van der Waals surface area contributed by atoms with E-state index in [2.05, 4.69) is 31.7 Å². The van der Waals surface area contributed by atoms with Crippen LogP contribution in [-0.2, 0) is 16.1 Å². The largest absolute Gasteiger partial charge is 0.382 e. The van der Waals surface area contributed by atoms with Gasteiger partial charge in [0.15, 0.2) is 11.5 Å². The molecule has 0 amide bonds. The van der Waals surface area contributed by atoms with E-state index in [9.17, 15) is 0 Å². The summed E-state index contributed by atoms with van der Waals surface area (Å²) in [5.74, 6) is 0.413. The molecule has 0 unspecified atom stereocenters. The molecule has 5 rings (SSSR count). The van der Waals surface area contributed by atoms with Gasteiger partial charge in [0.05, 0.1) is 25.6 Å². The number of epoxide rings is 1. The van der Waals surface area contributed by atoms with Crippen molar-refractivity contribution in [3.05, 3.63) is 48.5 Å². The molecule has 1 aliphatic carbocycles. The average Bonchev–Trinajstić information content (AvgIpc) is 2.99. The zero-order valence-electron chi connectivity index (χ0n) is 13.7. The summed E-state index contributed by atoms with van der Waals surface area (Å²) in [6.07, 6.45) is 5.43. The Morgan fingerprint density at radius 2 is 2.12 bits per heavy atom. The number of aromatic nitrogens is 4. The molecule has 1 saturated carbocycles. The van der Waals surface area contributed by atoms with Crippen LogP contribution in [0.5, 0.6) is 0 Å². The number of rotatable bonds is 5. The number of hydrogen-bond acceptors (Lipinski definition) is 6. The Bertz CT molecular complexity index is 912. The summed E-state index contributed by atoms with van der Waals surface area (Å²) in [5, 5.41) is 0. The zero-order chi connectivity index (χ0) is 16.9. The minimum absolute atomic E-state index is 0.150. The summed E-state index contributed by atoms with van der Waals surface area (Å²) in [5.41, 5.74) is 8.33. The van der Waals surface area contributed by atoms with Crippen LogP contribution in [0.4, 0.5) is 5.82 Å². The van der Waals surface area contributed by atoms with Gasteiger partial charge in [-0.2, -0.15) is 0 Å². The summed E-state index contributed by atoms with van der Waals surface area (Å²) in [7, 11) is 0. The first-order valence-corrected chi connectivity index (χ1v) is 8.49. The van der Waals surface area contributed by atoms with Crippen LogP contribution in [-0.4, -0.2) is 37.8 Å². The van der Waals surface area contributed by atoms with Crippen LogP contribution in [0.1, 0.15) is 24.4 Å². The van der Waals surface area contributed by atoms with Crippen molar-refractivity contribution in [2.24, 2.45) is 0 Å². The molecular weight excluding hydrogens is 318 g/mol. The first-order valence-electron chi connectivity index (χ1n) is 8.49. The lowest BCUT2D eigenvalue weighted by molar-refractivity contribution is 0.0618. The molecule has 128 valence electrons. The molecule has 3 atom stereocenters. The fraction of sp³-hybridized carbons (Fsp3) is 0.389. The molecule has 2 aromatic heterocycles. The van der Waals surface area contributed by atoms with Crippen molar-refractivity contribution in [2.75, 3.05) is 12.3 Å². The lowest BCUT2D eigenvalue weighted by Gasteiger charge is -2.12. The number of nitrogens with two attached hydrogens (primary N) is 1. The van der Waals surface area contributed by atoms with Crippen molar-refractivity contribution in [2.45, 2.75) is 37.2 Å². The summed E-state index contributed by atoms with van der Waals surface area (Å²) < 4.78 is 14.0. The van der Waals surface area contributed by atoms with E-state index >= 15 is 0 Å². The van der Waals surface area contributed by atoms with Crippen molar-refractivity contribution < 1.29 is 9.47 Å². The van der Waals surface area contributed by atoms with Crippen LogP contribution in [0.25, 0.3) is 11.2 Å². The molecule has 0 bridgehead atoms. The van der Waals surface area contributed by atoms with Gasteiger partial charge in [-0.05, 0) is 18.4 Å². The fourth-order valence-electron chi connectivity index (χ4n) is 3.89. The minimum atomic E-state index is -0.158. The maximum Gasteiger partial charge on any atom is 0.165 e. The molecule has 1 aliphatic heterocycles. The zero-order valence-corrected chi connectivity index (χ0v) is 13.7. The van der Waals surface area contributed by atoms with Crippen LogP contribution in [0.2, 0.25) is 0 Å². The van der Waals surface area contributed by atoms with Crippen molar-refractivity contribution >= 4 is 17.0 Å². The summed E-state index contributed by atoms with van der Waals surface area (Å²) in [4.78, 5) is 12.7. The second-order valence-electron chi connectivity index (χ2n) is 6.77. The molecular formula is C18H19N5O2. The van der Waals surface area contributed by atoms with Crippen LogP contribution in [0.15, 0.2) is 43.0 Å². The number of ether oxygens (including phenoxy) is 2. The standard InChI is InChI=1S/C18H19N5O2/c19-16-14-17(21-10-20-16)23(11-22-14)13-6-7-18(15(13)25-18)9-24-8-12-4-2-1-3-5-12/h1-5,10-11,13,15H,6-9H2,(H2,19,20,21)/t13-,15+,18+/m0/s1. The molecule has 0 radical (unpaired) electrons. The molecule has 0 spiro atoms. The first kappa shape index (κ1) is 14.8. The van der Waals surface area contributed by atoms with E-state index in [-0.39, 0.29) is 17.7 Å². The Labute approximate surface area is 144 Å². The number of imidazole rings is 1. The highest BCUT2D eigenvalue weighted by molar-refractivity contribution is 5.81. The predicted octanol–water partition coefficient (Wildman–Crippen LogP) is 2.10. The maximum atomic E-state index is 6.05. The maximum absolute atomic E-state index is 6.05. The monoisotopic (exact) mass is 337 g/mol. The molecule has 25 heavy (non-hydrogen) atoms. The van der Waals surface area contributed by atoms with E-state index in [1.165, 1.54) is 11.9 Å². The first-order chi connectivity index (χ1) is 12.3. The van der Waals surface area contributed by atoms with Gasteiger partial charge in [0.2, 0.25) is 0 Å². The molecule has 2 aliphatic rings. The van der Waals surface area contributed by atoms with Crippen molar-refractivity contribution in [1.29, 1.82) is 0 Å². The Morgan fingerprint density at radius 1 is 1.24 bits per heavy atom. The Morgan fingerprint density at radius 3 is 2.96 bits per heavy atom. The molecule has 2 N–H and O–H groups in total. The van der Waals surface area contributed by atoms with E-state index in [0.29, 0.717) is 24.5 Å². The molecule has 1 aromatic carbocycles. The van der Waals surface area contributed by atoms with Gasteiger partial charge in [-0.15, -0.1) is 0 Å². The highest BCUT2D eigenvalue weighted by atomic mass is 16.6. The number of hydrogen-bond donors (Lipinski definition) is 1. The summed E-state index contributed by atoms with van der Waals surface area (Å²) in [6.45, 7) is 1.23. The second kappa shape index (κ2) is 5.50. The molecule has 7 nitrogen and oxygen atoms in total. The van der Waals surface area contributed by atoms with Crippen molar-refractivity contribution in [3.63, 3.8) is 0 Å². The highest BCUT2D eigenvalue weighted by Gasteiger charge is 2.65. The Kier molecular flexibility index (Phi) is 3.26. The van der Waals surface area contributed by atoms with E-state index in [4.69, 9.17) is 15.2 Å². The number of benzene rings is 1. The number of anilines is 1. The molecule has 3 heterocycles. The smallest absolute Gasteiger partial charge is 0.165 e. The molecule has 3 aromatic rings. The SMILES string of the molecule is Nc1ncnc2c1ncn2[C@H]1CC[C@]2(COCc3ccccc3)O[C@H]12. The lowest BCUT2D eigenvalue weighted by Crippen LogP contribution is -2.19. The number of nitrogens with zero attached hydrogens (tertiary/aromatic N) is 4. The summed E-state index contributed by atoms with van der Waals surface area (Å²) in [6, 6.07) is 10.4. The van der Waals surface area contributed by atoms with Crippen LogP contribution < -0.4 is 5.73 Å². The van der Waals surface area contributed by atoms with Gasteiger partial charge in [0, 0.05) is 0 Å². The summed E-state index contributed by atoms with van der Waals surface area (Å²) >= 11 is 0.